The molecule has 0 aliphatic heterocycles. The summed E-state index contributed by atoms with van der Waals surface area (Å²) in [6, 6.07) is 14.9. The van der Waals surface area contributed by atoms with Crippen LogP contribution in [-0.4, -0.2) is 36.4 Å². The Morgan fingerprint density at radius 1 is 1.00 bits per heavy atom. The Morgan fingerprint density at radius 3 is 2.21 bits per heavy atom. The summed E-state index contributed by atoms with van der Waals surface area (Å²) in [4.78, 5) is 16.2. The first kappa shape index (κ1) is 19.7. The number of carboxylic acid groups (broad SMARTS) is 1. The first-order chi connectivity index (χ1) is 13.6. The number of aromatic carboxylic acids is 1. The summed E-state index contributed by atoms with van der Waals surface area (Å²) in [5.41, 5.74) is 1.36. The molecule has 28 heavy (non-hydrogen) atoms. The molecule has 2 aromatic carbocycles. The van der Waals surface area contributed by atoms with E-state index in [2.05, 4.69) is 4.98 Å². The van der Waals surface area contributed by atoms with E-state index in [-0.39, 0.29) is 4.88 Å². The van der Waals surface area contributed by atoms with Crippen LogP contribution in [-0.2, 0) is 6.42 Å². The fraction of sp³-hybridized carbons (Fsp3) is 0.238. The molecule has 0 amide bonds. The van der Waals surface area contributed by atoms with Gasteiger partial charge in [-0.15, -0.1) is 11.3 Å². The van der Waals surface area contributed by atoms with Crippen LogP contribution in [0.1, 0.15) is 22.3 Å². The van der Waals surface area contributed by atoms with Gasteiger partial charge in [-0.05, 0) is 30.7 Å². The number of thiazole rings is 1. The lowest BCUT2D eigenvalue weighted by Gasteiger charge is -2.12. The third-order valence-corrected chi connectivity index (χ3v) is 5.13. The third kappa shape index (κ3) is 4.43. The maximum absolute atomic E-state index is 11.4. The average Bonchev–Trinajstić information content (AvgIpc) is 3.16. The molecule has 0 atom stereocenters. The number of hydrogen-bond acceptors (Lipinski definition) is 6. The Bertz CT molecular complexity index is 953. The average molecular weight is 399 g/mol. The van der Waals surface area contributed by atoms with Gasteiger partial charge in [0, 0.05) is 0 Å². The largest absolute Gasteiger partial charge is 0.493 e. The quantitative estimate of drug-likeness (QED) is 0.533. The van der Waals surface area contributed by atoms with Crippen molar-refractivity contribution >= 4 is 17.3 Å². The predicted octanol–water partition coefficient (Wildman–Crippen LogP) is 4.54. The molecular formula is C21H21NO5S. The highest BCUT2D eigenvalue weighted by molar-refractivity contribution is 7.17. The van der Waals surface area contributed by atoms with Crippen molar-refractivity contribution in [2.45, 2.75) is 13.3 Å². The van der Waals surface area contributed by atoms with Crippen molar-refractivity contribution in [3.05, 3.63) is 59.1 Å². The zero-order valence-electron chi connectivity index (χ0n) is 15.7. The molecule has 3 aromatic rings. The molecule has 7 heteroatoms. The molecule has 0 saturated heterocycles. The van der Waals surface area contributed by atoms with Gasteiger partial charge in [0.05, 0.1) is 18.4 Å². The Kier molecular flexibility index (Phi) is 6.49. The number of aromatic nitrogens is 1. The molecule has 0 aliphatic carbocycles. The molecule has 3 rings (SSSR count). The van der Waals surface area contributed by atoms with E-state index in [0.29, 0.717) is 47.6 Å². The first-order valence-corrected chi connectivity index (χ1v) is 9.66. The fourth-order valence-corrected chi connectivity index (χ4v) is 3.71. The lowest BCUT2D eigenvalue weighted by atomic mass is 10.2. The van der Waals surface area contributed by atoms with Gasteiger partial charge >= 0.3 is 5.97 Å². The smallest absolute Gasteiger partial charge is 0.347 e. The summed E-state index contributed by atoms with van der Waals surface area (Å²) in [6.07, 6.45) is 0.563. The normalized spacial score (nSPS) is 10.5. The van der Waals surface area contributed by atoms with Crippen molar-refractivity contribution in [1.82, 2.24) is 4.98 Å². The minimum absolute atomic E-state index is 0.270. The van der Waals surface area contributed by atoms with Crippen molar-refractivity contribution in [1.29, 1.82) is 0 Å². The second-order valence-electron chi connectivity index (χ2n) is 5.80. The maximum atomic E-state index is 11.4. The highest BCUT2D eigenvalue weighted by Gasteiger charge is 2.19. The number of benzene rings is 2. The van der Waals surface area contributed by atoms with E-state index >= 15 is 0 Å². The molecule has 0 fully saturated rings. The van der Waals surface area contributed by atoms with Gasteiger partial charge in [-0.3, -0.25) is 0 Å². The van der Waals surface area contributed by atoms with Gasteiger partial charge in [0.15, 0.2) is 11.5 Å². The van der Waals surface area contributed by atoms with Crippen LogP contribution in [0, 0.1) is 0 Å². The zero-order valence-corrected chi connectivity index (χ0v) is 16.5. The lowest BCUT2D eigenvalue weighted by Crippen LogP contribution is -2.10. The van der Waals surface area contributed by atoms with Crippen LogP contribution in [0.5, 0.6) is 17.2 Å². The monoisotopic (exact) mass is 399 g/mol. The van der Waals surface area contributed by atoms with Crippen molar-refractivity contribution in [2.75, 3.05) is 20.3 Å². The van der Waals surface area contributed by atoms with Crippen LogP contribution in [0.25, 0.3) is 10.6 Å². The molecule has 146 valence electrons. The molecular weight excluding hydrogens is 378 g/mol. The second-order valence-corrected chi connectivity index (χ2v) is 6.80. The van der Waals surface area contributed by atoms with Gasteiger partial charge in [-0.1, -0.05) is 31.2 Å². The number of para-hydroxylation sites is 3. The van der Waals surface area contributed by atoms with Gasteiger partial charge in [-0.2, -0.15) is 0 Å². The van der Waals surface area contributed by atoms with Crippen molar-refractivity contribution in [2.24, 2.45) is 0 Å². The number of rotatable bonds is 9. The molecule has 1 N–H and O–H groups in total. The van der Waals surface area contributed by atoms with E-state index in [9.17, 15) is 9.90 Å². The SMILES string of the molecule is CCc1nc(-c2ccccc2OCCOc2ccccc2OC)sc1C(=O)O. The summed E-state index contributed by atoms with van der Waals surface area (Å²) in [6.45, 7) is 2.56. The Balaban J connectivity index is 1.70. The number of carboxylic acids is 1. The predicted molar refractivity (Wildman–Crippen MR) is 108 cm³/mol. The highest BCUT2D eigenvalue weighted by atomic mass is 32.1. The zero-order chi connectivity index (χ0) is 19.9. The number of hydrogen-bond donors (Lipinski definition) is 1. The van der Waals surface area contributed by atoms with E-state index in [1.54, 1.807) is 7.11 Å². The Labute approximate surface area is 167 Å². The lowest BCUT2D eigenvalue weighted by molar-refractivity contribution is 0.0701. The molecule has 0 unspecified atom stereocenters. The molecule has 0 aliphatic rings. The van der Waals surface area contributed by atoms with Crippen molar-refractivity contribution < 1.29 is 24.1 Å². The number of nitrogens with zero attached hydrogens (tertiary/aromatic N) is 1. The molecule has 0 bridgehead atoms. The number of methoxy groups -OCH3 is 1. The Hall–Kier alpha value is -3.06. The van der Waals surface area contributed by atoms with Crippen molar-refractivity contribution in [3.8, 4) is 27.8 Å². The van der Waals surface area contributed by atoms with Crippen LogP contribution in [0.2, 0.25) is 0 Å². The number of aryl methyl sites for hydroxylation is 1. The van der Waals surface area contributed by atoms with E-state index < -0.39 is 5.97 Å². The van der Waals surface area contributed by atoms with Crippen LogP contribution in [0.15, 0.2) is 48.5 Å². The second kappa shape index (κ2) is 9.23. The van der Waals surface area contributed by atoms with Gasteiger partial charge in [-0.25, -0.2) is 9.78 Å². The molecule has 0 radical (unpaired) electrons. The minimum Gasteiger partial charge on any atom is -0.493 e. The maximum Gasteiger partial charge on any atom is 0.347 e. The van der Waals surface area contributed by atoms with Gasteiger partial charge in [0.1, 0.15) is 28.8 Å². The van der Waals surface area contributed by atoms with Gasteiger partial charge < -0.3 is 19.3 Å². The molecule has 1 heterocycles. The summed E-state index contributed by atoms with van der Waals surface area (Å²) < 4.78 is 16.9. The number of ether oxygens (including phenoxy) is 3. The van der Waals surface area contributed by atoms with E-state index in [1.807, 2.05) is 55.5 Å². The van der Waals surface area contributed by atoms with Crippen LogP contribution < -0.4 is 14.2 Å². The van der Waals surface area contributed by atoms with Crippen LogP contribution >= 0.6 is 11.3 Å². The number of carbonyl (C=O) groups is 1. The molecule has 0 saturated carbocycles. The fourth-order valence-electron chi connectivity index (χ4n) is 2.68. The Morgan fingerprint density at radius 2 is 1.61 bits per heavy atom. The standard InChI is InChI=1S/C21H21NO5S/c1-3-15-19(21(23)24)28-20(22-15)14-8-4-5-9-16(14)26-12-13-27-18-11-7-6-10-17(18)25-2/h4-11H,3,12-13H2,1-2H3,(H,23,24). The topological polar surface area (TPSA) is 77.9 Å². The molecule has 0 spiro atoms. The van der Waals surface area contributed by atoms with Gasteiger partial charge in [0.25, 0.3) is 0 Å². The summed E-state index contributed by atoms with van der Waals surface area (Å²) in [5.74, 6) is 1.00. The third-order valence-electron chi connectivity index (χ3n) is 4.01. The van der Waals surface area contributed by atoms with E-state index in [1.165, 1.54) is 0 Å². The van der Waals surface area contributed by atoms with Crippen LogP contribution in [0.3, 0.4) is 0 Å². The van der Waals surface area contributed by atoms with Crippen LogP contribution in [0.4, 0.5) is 0 Å². The van der Waals surface area contributed by atoms with Gasteiger partial charge in [0.2, 0.25) is 0 Å². The first-order valence-electron chi connectivity index (χ1n) is 8.85. The highest BCUT2D eigenvalue weighted by Crippen LogP contribution is 2.35. The van der Waals surface area contributed by atoms with Crippen molar-refractivity contribution in [3.63, 3.8) is 0 Å². The minimum atomic E-state index is -0.954. The van der Waals surface area contributed by atoms with E-state index in [4.69, 9.17) is 14.2 Å². The molecule has 6 nitrogen and oxygen atoms in total. The molecule has 1 aromatic heterocycles. The summed E-state index contributed by atoms with van der Waals surface area (Å²) >= 11 is 1.16. The van der Waals surface area contributed by atoms with E-state index in [0.717, 1.165) is 16.9 Å². The summed E-state index contributed by atoms with van der Waals surface area (Å²) in [5, 5.41) is 10.00. The summed E-state index contributed by atoms with van der Waals surface area (Å²) in [7, 11) is 1.60.